The summed E-state index contributed by atoms with van der Waals surface area (Å²) in [6.45, 7) is 9.25. The topological polar surface area (TPSA) is 0 Å². The fourth-order valence-electron chi connectivity index (χ4n) is 8.07. The normalized spacial score (nSPS) is 12.1. The maximum absolute atomic E-state index is 2.58. The van der Waals surface area contributed by atoms with E-state index < -0.39 is 16.1 Å². The smallest absolute Gasteiger partial charge is 0.0812 e. The molecule has 0 saturated heterocycles. The maximum Gasteiger partial charge on any atom is 0.172 e. The van der Waals surface area contributed by atoms with Crippen molar-refractivity contribution in [2.75, 3.05) is 0 Å². The third-order valence-corrected chi connectivity index (χ3v) is 19.9. The minimum Gasteiger partial charge on any atom is -0.0812 e. The Morgan fingerprint density at radius 1 is 0.269 bits per heavy atom. The molecule has 0 radical (unpaired) electrons. The van der Waals surface area contributed by atoms with Crippen LogP contribution in [0.2, 0.25) is 0 Å². The zero-order chi connectivity index (χ0) is 36.0. The lowest BCUT2D eigenvalue weighted by molar-refractivity contribution is 1.21. The first-order chi connectivity index (χ1) is 25.5. The molecule has 0 unspecified atom stereocenters. The van der Waals surface area contributed by atoms with Crippen LogP contribution in [-0.2, 0) is 0 Å². The van der Waals surface area contributed by atoms with Crippen LogP contribution >= 0.6 is 0 Å². The average Bonchev–Trinajstić information content (AvgIpc) is 3.22. The first-order valence-electron chi connectivity index (χ1n) is 18.3. The molecule has 0 nitrogen and oxygen atoms in total. The van der Waals surface area contributed by atoms with Crippen molar-refractivity contribution in [3.05, 3.63) is 227 Å². The molecule has 7 rings (SSSR count). The van der Waals surface area contributed by atoms with Crippen molar-refractivity contribution in [3.63, 3.8) is 0 Å². The van der Waals surface area contributed by atoms with Crippen molar-refractivity contribution < 1.29 is 0 Å². The molecule has 0 aromatic heterocycles. The van der Waals surface area contributed by atoms with Gasteiger partial charge in [0, 0.05) is 0 Å². The van der Waals surface area contributed by atoms with E-state index in [1.54, 1.807) is 0 Å². The molecule has 0 aliphatic heterocycles. The van der Waals surface area contributed by atoms with Crippen LogP contribution in [-0.4, -0.2) is 16.1 Å². The van der Waals surface area contributed by atoms with Crippen LogP contribution in [0.25, 0.3) is 12.2 Å². The number of hydrogen-bond acceptors (Lipinski definition) is 0. The van der Waals surface area contributed by atoms with E-state index in [1.807, 2.05) is 0 Å². The van der Waals surface area contributed by atoms with Gasteiger partial charge in [-0.25, -0.2) is 0 Å². The summed E-state index contributed by atoms with van der Waals surface area (Å²) in [7, 11) is -5.08. The van der Waals surface area contributed by atoms with Crippen molar-refractivity contribution in [2.45, 2.75) is 27.7 Å². The first kappa shape index (κ1) is 34.9. The van der Waals surface area contributed by atoms with Gasteiger partial charge in [0.05, 0.1) is 0 Å². The van der Waals surface area contributed by atoms with Crippen LogP contribution in [0.15, 0.2) is 193 Å². The van der Waals surface area contributed by atoms with Crippen molar-refractivity contribution in [1.82, 2.24) is 0 Å². The summed E-state index contributed by atoms with van der Waals surface area (Å²) < 4.78 is 0. The van der Waals surface area contributed by atoms with Gasteiger partial charge in [-0.2, -0.15) is 0 Å². The molecule has 0 bridgehead atoms. The zero-order valence-electron chi connectivity index (χ0n) is 30.6. The van der Waals surface area contributed by atoms with E-state index in [9.17, 15) is 0 Å². The lowest BCUT2D eigenvalue weighted by atomic mass is 9.89. The zero-order valence-corrected chi connectivity index (χ0v) is 32.6. The lowest BCUT2D eigenvalue weighted by Crippen LogP contribution is -2.66. The quantitative estimate of drug-likeness (QED) is 0.0993. The predicted octanol–water partition coefficient (Wildman–Crippen LogP) is 8.37. The van der Waals surface area contributed by atoms with Crippen molar-refractivity contribution in [3.8, 4) is 0 Å². The Balaban J connectivity index is 1.41. The molecule has 0 heterocycles. The fraction of sp³-hybridized carbons (Fsp3) is 0.0800. The fourth-order valence-corrected chi connectivity index (χ4v) is 16.4. The molecular weight excluding hydrogens is 657 g/mol. The van der Waals surface area contributed by atoms with Crippen molar-refractivity contribution in [2.24, 2.45) is 0 Å². The predicted molar refractivity (Wildman–Crippen MR) is 231 cm³/mol. The van der Waals surface area contributed by atoms with Gasteiger partial charge in [0.2, 0.25) is 0 Å². The Labute approximate surface area is 312 Å². The first-order valence-corrected chi connectivity index (χ1v) is 22.4. The molecule has 7 aromatic rings. The molecule has 0 saturated carbocycles. The summed E-state index contributed by atoms with van der Waals surface area (Å²) in [5.74, 6) is 0. The highest BCUT2D eigenvalue weighted by molar-refractivity contribution is 7.15. The second kappa shape index (κ2) is 15.4. The molecule has 0 atom stereocenters. The van der Waals surface area contributed by atoms with Crippen LogP contribution < -0.4 is 31.1 Å². The molecular formula is C50H46Si2. The Kier molecular flexibility index (Phi) is 10.3. The van der Waals surface area contributed by atoms with Gasteiger partial charge in [0.1, 0.15) is 0 Å². The lowest BCUT2D eigenvalue weighted by Gasteiger charge is -2.31. The molecule has 0 spiro atoms. The Morgan fingerprint density at radius 2 is 0.442 bits per heavy atom. The summed E-state index contributed by atoms with van der Waals surface area (Å²) in [6.07, 6.45) is 4.91. The van der Waals surface area contributed by atoms with E-state index in [0.717, 1.165) is 0 Å². The Morgan fingerprint density at radius 3 is 0.615 bits per heavy atom. The molecule has 0 aliphatic carbocycles. The van der Waals surface area contributed by atoms with Crippen LogP contribution in [0.5, 0.6) is 0 Å². The summed E-state index contributed by atoms with van der Waals surface area (Å²) in [5.41, 5.74) is 13.1. The number of benzene rings is 7. The van der Waals surface area contributed by atoms with E-state index in [1.165, 1.54) is 64.5 Å². The molecule has 0 fully saturated rings. The van der Waals surface area contributed by atoms with Gasteiger partial charge < -0.3 is 0 Å². The Bertz CT molecular complexity index is 1900. The summed E-state index contributed by atoms with van der Waals surface area (Å²) >= 11 is 0. The monoisotopic (exact) mass is 702 g/mol. The molecule has 7 aromatic carbocycles. The summed E-state index contributed by atoms with van der Waals surface area (Å²) in [4.78, 5) is 0. The van der Waals surface area contributed by atoms with Gasteiger partial charge >= 0.3 is 0 Å². The summed E-state index contributed by atoms with van der Waals surface area (Å²) in [5, 5.41) is 8.31. The van der Waals surface area contributed by atoms with E-state index >= 15 is 0 Å². The van der Waals surface area contributed by atoms with Crippen LogP contribution in [0.3, 0.4) is 0 Å². The molecule has 254 valence electrons. The Hall–Kier alpha value is -5.55. The van der Waals surface area contributed by atoms with Gasteiger partial charge in [0.25, 0.3) is 0 Å². The van der Waals surface area contributed by atoms with E-state index in [2.05, 4.69) is 233 Å². The second-order valence-corrected chi connectivity index (χ2v) is 21.2. The highest BCUT2D eigenvalue weighted by atomic mass is 28.3. The molecule has 0 aliphatic rings. The van der Waals surface area contributed by atoms with Gasteiger partial charge in [-0.1, -0.05) is 206 Å². The molecule has 0 amide bonds. The third-order valence-electron chi connectivity index (χ3n) is 11.1. The maximum atomic E-state index is 2.58. The third kappa shape index (κ3) is 6.41. The second-order valence-electron chi connectivity index (χ2n) is 13.8. The van der Waals surface area contributed by atoms with Crippen LogP contribution in [0, 0.1) is 27.7 Å². The standard InChI is InChI=1S/C50H46Si2/c1-39-40(2)50(36-38-52(46-29-17-8-18-30-46,47-31-19-9-20-32-47)48-33-21-10-22-34-48)42(4)41(3)49(39)35-37-51(43-23-11-5-12-24-43,44-25-13-6-14-26-44)45-27-15-7-16-28-45/h5-38H,1-4H3/b37-35+,38-36+. The largest absolute Gasteiger partial charge is 0.172 e. The highest BCUT2D eigenvalue weighted by Crippen LogP contribution is 2.30. The van der Waals surface area contributed by atoms with Crippen molar-refractivity contribution >= 4 is 59.4 Å². The summed E-state index contributed by atoms with van der Waals surface area (Å²) in [6, 6.07) is 66.9. The number of hydrogen-bond donors (Lipinski definition) is 0. The van der Waals surface area contributed by atoms with E-state index in [4.69, 9.17) is 0 Å². The highest BCUT2D eigenvalue weighted by Gasteiger charge is 2.38. The van der Waals surface area contributed by atoms with Crippen molar-refractivity contribution in [1.29, 1.82) is 0 Å². The average molecular weight is 703 g/mol. The van der Waals surface area contributed by atoms with Gasteiger partial charge in [-0.15, -0.1) is 0 Å². The van der Waals surface area contributed by atoms with Crippen LogP contribution in [0.1, 0.15) is 33.4 Å². The van der Waals surface area contributed by atoms with E-state index in [0.29, 0.717) is 0 Å². The molecule has 2 heteroatoms. The van der Waals surface area contributed by atoms with E-state index in [-0.39, 0.29) is 0 Å². The van der Waals surface area contributed by atoms with Gasteiger partial charge in [-0.05, 0) is 92.2 Å². The minimum atomic E-state index is -2.54. The van der Waals surface area contributed by atoms with Gasteiger partial charge in [-0.3, -0.25) is 0 Å². The SMILES string of the molecule is Cc1c(C)c(/C=C/[Si](c2ccccc2)(c2ccccc2)c2ccccc2)c(C)c(C)c1/C=C/[Si](c1ccccc1)(c1ccccc1)c1ccccc1. The van der Waals surface area contributed by atoms with Gasteiger partial charge in [0.15, 0.2) is 16.1 Å². The minimum absolute atomic E-state index is 1.32. The van der Waals surface area contributed by atoms with Crippen LogP contribution in [0.4, 0.5) is 0 Å². The molecule has 0 N–H and O–H groups in total. The molecule has 52 heavy (non-hydrogen) atoms. The number of rotatable bonds is 10.